The van der Waals surface area contributed by atoms with Crippen LogP contribution in [0.3, 0.4) is 0 Å². The van der Waals surface area contributed by atoms with E-state index in [2.05, 4.69) is 47.4 Å². The maximum Gasteiger partial charge on any atom is 0.0715 e. The van der Waals surface area contributed by atoms with E-state index in [9.17, 15) is 0 Å². The summed E-state index contributed by atoms with van der Waals surface area (Å²) in [7, 11) is 0. The zero-order chi connectivity index (χ0) is 9.12. The number of nitrogens with zero attached hydrogens (tertiary/aromatic N) is 1. The Morgan fingerprint density at radius 1 is 0.714 bits per heavy atom. The van der Waals surface area contributed by atoms with Gasteiger partial charge < -0.3 is 0 Å². The average molecular weight is 177 g/mol. The molecule has 0 amide bonds. The number of pyridine rings is 1. The van der Waals surface area contributed by atoms with Gasteiger partial charge in [0.05, 0.1) is 11.2 Å². The summed E-state index contributed by atoms with van der Waals surface area (Å²) in [5.41, 5.74) is 3.41. The molecule has 0 unspecified atom stereocenters. The molecule has 0 saturated heterocycles. The molecule has 3 aromatic rings. The highest BCUT2D eigenvalue weighted by atomic mass is 14.7. The van der Waals surface area contributed by atoms with Gasteiger partial charge in [-0.25, -0.2) is 4.98 Å². The van der Waals surface area contributed by atoms with Crippen LogP contribution < -0.4 is 0 Å². The molecule has 6 bridgehead atoms. The van der Waals surface area contributed by atoms with E-state index in [0.29, 0.717) is 0 Å². The second kappa shape index (κ2) is 1.95. The van der Waals surface area contributed by atoms with E-state index in [1.165, 1.54) is 21.7 Å². The predicted molar refractivity (Wildman–Crippen MR) is 58.2 cm³/mol. The van der Waals surface area contributed by atoms with Crippen molar-refractivity contribution in [1.82, 2.24) is 4.98 Å². The summed E-state index contributed by atoms with van der Waals surface area (Å²) >= 11 is 0. The summed E-state index contributed by atoms with van der Waals surface area (Å²) in [4.78, 5) is 4.61. The number of rotatable bonds is 0. The van der Waals surface area contributed by atoms with Crippen LogP contribution in [-0.4, -0.2) is 4.98 Å². The fourth-order valence-corrected chi connectivity index (χ4v) is 2.19. The topological polar surface area (TPSA) is 12.9 Å². The van der Waals surface area contributed by atoms with E-state index in [0.717, 1.165) is 11.2 Å². The zero-order valence-corrected chi connectivity index (χ0v) is 7.49. The van der Waals surface area contributed by atoms with Crippen molar-refractivity contribution in [1.29, 1.82) is 0 Å². The summed E-state index contributed by atoms with van der Waals surface area (Å²) in [5, 5.41) is 3.83. The van der Waals surface area contributed by atoms with E-state index < -0.39 is 0 Å². The summed E-state index contributed by atoms with van der Waals surface area (Å²) in [6, 6.07) is 15.1. The molecule has 4 heterocycles. The molecule has 0 N–H and O–H groups in total. The highest BCUT2D eigenvalue weighted by molar-refractivity contribution is 6.00. The van der Waals surface area contributed by atoms with Crippen LogP contribution in [0.4, 0.5) is 0 Å². The minimum Gasteiger partial charge on any atom is -0.248 e. The number of hydrogen-bond acceptors (Lipinski definition) is 1. The Hall–Kier alpha value is -1.89. The second-order valence-corrected chi connectivity index (χ2v) is 3.80. The molecule has 0 fully saturated rings. The molecule has 3 aliphatic heterocycles. The van der Waals surface area contributed by atoms with Gasteiger partial charge in [-0.1, -0.05) is 18.2 Å². The van der Waals surface area contributed by atoms with Gasteiger partial charge in [-0.15, -0.1) is 0 Å². The molecule has 0 radical (unpaired) electrons. The number of hydrogen-bond donors (Lipinski definition) is 0. The van der Waals surface area contributed by atoms with Crippen LogP contribution in [0.1, 0.15) is 0 Å². The van der Waals surface area contributed by atoms with Crippen LogP contribution in [-0.2, 0) is 0 Å². The molecular weight excluding hydrogens is 170 g/mol. The van der Waals surface area contributed by atoms with E-state index in [4.69, 9.17) is 0 Å². The lowest BCUT2D eigenvalue weighted by atomic mass is 9.99. The van der Waals surface area contributed by atoms with Gasteiger partial charge in [-0.3, -0.25) is 0 Å². The van der Waals surface area contributed by atoms with Crippen LogP contribution in [0.15, 0.2) is 42.5 Å². The Morgan fingerprint density at radius 2 is 1.64 bits per heavy atom. The lowest BCUT2D eigenvalue weighted by Crippen LogP contribution is -1.90. The van der Waals surface area contributed by atoms with Crippen molar-refractivity contribution in [2.24, 2.45) is 0 Å². The van der Waals surface area contributed by atoms with Gasteiger partial charge >= 0.3 is 0 Å². The quantitative estimate of drug-likeness (QED) is 0.375. The normalized spacial score (nSPS) is 12.3. The molecule has 14 heavy (non-hydrogen) atoms. The lowest BCUT2D eigenvalue weighted by Gasteiger charge is -2.11. The molecule has 7 rings (SSSR count). The van der Waals surface area contributed by atoms with Crippen LogP contribution in [0.5, 0.6) is 0 Å². The average Bonchev–Trinajstić information content (AvgIpc) is 2.20. The Morgan fingerprint density at radius 3 is 2.64 bits per heavy atom. The Bertz CT molecular complexity index is 622. The number of aromatic nitrogens is 1. The fourth-order valence-electron chi connectivity index (χ4n) is 2.19. The largest absolute Gasteiger partial charge is 0.248 e. The third kappa shape index (κ3) is 0.643. The number of benzene rings is 2. The third-order valence-corrected chi connectivity index (χ3v) is 2.94. The maximum atomic E-state index is 4.61. The van der Waals surface area contributed by atoms with E-state index in [1.807, 2.05) is 0 Å². The van der Waals surface area contributed by atoms with Gasteiger partial charge in [0.1, 0.15) is 0 Å². The smallest absolute Gasteiger partial charge is 0.0715 e. The van der Waals surface area contributed by atoms with Crippen LogP contribution in [0, 0.1) is 0 Å². The molecule has 1 aliphatic carbocycles. The van der Waals surface area contributed by atoms with Crippen molar-refractivity contribution in [3.63, 3.8) is 0 Å². The Labute approximate surface area is 81.0 Å². The fraction of sp³-hybridized carbons (Fsp3) is 0. The first-order chi connectivity index (χ1) is 6.90. The molecular formula is C13H7N. The molecule has 0 saturated carbocycles. The first-order valence-electron chi connectivity index (χ1n) is 4.75. The van der Waals surface area contributed by atoms with Gasteiger partial charge in [0, 0.05) is 10.9 Å². The summed E-state index contributed by atoms with van der Waals surface area (Å²) in [6.45, 7) is 0. The highest BCUT2D eigenvalue weighted by Crippen LogP contribution is 2.31. The Balaban J connectivity index is 2.54. The van der Waals surface area contributed by atoms with Gasteiger partial charge in [-0.05, 0) is 35.0 Å². The van der Waals surface area contributed by atoms with Gasteiger partial charge in [0.2, 0.25) is 0 Å². The van der Waals surface area contributed by atoms with Crippen molar-refractivity contribution < 1.29 is 0 Å². The van der Waals surface area contributed by atoms with Crippen molar-refractivity contribution in [3.05, 3.63) is 42.5 Å². The summed E-state index contributed by atoms with van der Waals surface area (Å²) in [6.07, 6.45) is 0. The molecule has 1 aromatic heterocycles. The summed E-state index contributed by atoms with van der Waals surface area (Å²) in [5.74, 6) is 0. The standard InChI is InChI=1S/C13H7N/c1-2-9-5-11-6-10-3-4-12(9)14-13(10)7-8(1)11/h1-7H. The van der Waals surface area contributed by atoms with Crippen LogP contribution in [0.2, 0.25) is 0 Å². The monoisotopic (exact) mass is 177 g/mol. The molecule has 64 valence electrons. The first-order valence-corrected chi connectivity index (χ1v) is 4.75. The molecule has 2 aromatic carbocycles. The lowest BCUT2D eigenvalue weighted by molar-refractivity contribution is 1.40. The molecule has 0 atom stereocenters. The molecule has 1 heteroatoms. The van der Waals surface area contributed by atoms with Crippen LogP contribution in [0.25, 0.3) is 32.9 Å². The van der Waals surface area contributed by atoms with Crippen molar-refractivity contribution >= 4 is 21.7 Å². The van der Waals surface area contributed by atoms with Crippen molar-refractivity contribution in [2.45, 2.75) is 0 Å². The van der Waals surface area contributed by atoms with Crippen molar-refractivity contribution in [3.8, 4) is 11.3 Å². The van der Waals surface area contributed by atoms with Crippen molar-refractivity contribution in [2.75, 3.05) is 0 Å². The highest BCUT2D eigenvalue weighted by Gasteiger charge is 2.08. The second-order valence-electron chi connectivity index (χ2n) is 3.80. The van der Waals surface area contributed by atoms with Crippen LogP contribution >= 0.6 is 0 Å². The number of fused-ring (bicyclic) bond motifs is 2. The first kappa shape index (κ1) is 6.55. The molecule has 1 nitrogen and oxygen atoms in total. The minimum absolute atomic E-state index is 1.08. The van der Waals surface area contributed by atoms with E-state index in [1.54, 1.807) is 0 Å². The predicted octanol–water partition coefficient (Wildman–Crippen LogP) is 3.37. The third-order valence-electron chi connectivity index (χ3n) is 2.94. The van der Waals surface area contributed by atoms with Gasteiger partial charge in [-0.2, -0.15) is 0 Å². The molecule has 0 spiro atoms. The SMILES string of the molecule is c1cc2cc3nc4ccc3cc2cc1-4. The van der Waals surface area contributed by atoms with Gasteiger partial charge in [0.15, 0.2) is 0 Å². The minimum atomic E-state index is 1.08. The zero-order valence-electron chi connectivity index (χ0n) is 7.49. The summed E-state index contributed by atoms with van der Waals surface area (Å²) < 4.78 is 0. The van der Waals surface area contributed by atoms with E-state index >= 15 is 0 Å². The Kier molecular flexibility index (Phi) is 0.914. The van der Waals surface area contributed by atoms with E-state index in [-0.39, 0.29) is 0 Å². The van der Waals surface area contributed by atoms with Gasteiger partial charge in [0.25, 0.3) is 0 Å². The maximum absolute atomic E-state index is 4.61. The molecule has 4 aliphatic rings.